The Bertz CT molecular complexity index is 877. The number of hydrogen-bond acceptors (Lipinski definition) is 7. The molecule has 0 aliphatic carbocycles. The van der Waals surface area contributed by atoms with Crippen molar-refractivity contribution in [2.24, 2.45) is 0 Å². The number of aromatic nitrogens is 2. The molecule has 0 aliphatic heterocycles. The van der Waals surface area contributed by atoms with E-state index in [1.807, 2.05) is 25.1 Å². The summed E-state index contributed by atoms with van der Waals surface area (Å²) in [6.07, 6.45) is 1.59. The lowest BCUT2D eigenvalue weighted by Crippen LogP contribution is -2.30. The van der Waals surface area contributed by atoms with Gasteiger partial charge in [0, 0.05) is 5.69 Å². The Labute approximate surface area is 160 Å². The van der Waals surface area contributed by atoms with Gasteiger partial charge in [-0.25, -0.2) is 0 Å². The predicted molar refractivity (Wildman–Crippen MR) is 105 cm³/mol. The topological polar surface area (TPSA) is 80.0 Å². The van der Waals surface area contributed by atoms with Crippen molar-refractivity contribution in [2.75, 3.05) is 5.32 Å². The maximum Gasteiger partial charge on any atom is 0.233 e. The fourth-order valence-corrected chi connectivity index (χ4v) is 4.18. The van der Waals surface area contributed by atoms with Gasteiger partial charge in [-0.1, -0.05) is 35.2 Å². The van der Waals surface area contributed by atoms with Crippen molar-refractivity contribution >= 4 is 39.8 Å². The minimum atomic E-state index is -0.272. The Morgan fingerprint density at radius 3 is 2.88 bits per heavy atom. The van der Waals surface area contributed by atoms with Crippen molar-refractivity contribution < 1.29 is 9.21 Å². The fourth-order valence-electron chi connectivity index (χ4n) is 2.25. The third-order valence-corrected chi connectivity index (χ3v) is 5.94. The second-order valence-electron chi connectivity index (χ2n) is 5.80. The monoisotopic (exact) mass is 388 g/mol. The average molecular weight is 389 g/mol. The molecule has 2 aromatic heterocycles. The number of nitrogens with zero attached hydrogens (tertiary/aromatic N) is 2. The second kappa shape index (κ2) is 8.37. The Balaban J connectivity index is 1.55. The first-order valence-electron chi connectivity index (χ1n) is 8.16. The standard InChI is InChI=1S/C18H20N4O2S2/c1-11-6-4-8-15(12(11)2)20-17-21-22-18(26-17)25-13(3)16(23)19-10-14-7-5-9-24-14/h4-9,13H,10H2,1-3H3,(H,19,23)(H,20,21)/t13-/m0/s1. The summed E-state index contributed by atoms with van der Waals surface area (Å²) in [4.78, 5) is 12.2. The lowest BCUT2D eigenvalue weighted by molar-refractivity contribution is -0.120. The molecule has 1 atom stereocenters. The van der Waals surface area contributed by atoms with E-state index < -0.39 is 0 Å². The van der Waals surface area contributed by atoms with Crippen LogP contribution in [0.2, 0.25) is 0 Å². The van der Waals surface area contributed by atoms with Crippen LogP contribution < -0.4 is 10.6 Å². The molecule has 2 N–H and O–H groups in total. The number of amides is 1. The van der Waals surface area contributed by atoms with Crippen LogP contribution in [-0.2, 0) is 11.3 Å². The number of furan rings is 1. The molecule has 0 saturated heterocycles. The highest BCUT2D eigenvalue weighted by Gasteiger charge is 2.17. The van der Waals surface area contributed by atoms with Crippen LogP contribution in [0.5, 0.6) is 0 Å². The van der Waals surface area contributed by atoms with Crippen LogP contribution in [0.3, 0.4) is 0 Å². The summed E-state index contributed by atoms with van der Waals surface area (Å²) < 4.78 is 5.96. The third kappa shape index (κ3) is 4.64. The molecule has 1 aromatic carbocycles. The van der Waals surface area contributed by atoms with Crippen molar-refractivity contribution in [1.29, 1.82) is 0 Å². The number of rotatable bonds is 7. The molecule has 2 heterocycles. The summed E-state index contributed by atoms with van der Waals surface area (Å²) in [5.74, 6) is 0.664. The quantitative estimate of drug-likeness (QED) is 0.588. The van der Waals surface area contributed by atoms with Crippen molar-refractivity contribution in [3.8, 4) is 0 Å². The van der Waals surface area contributed by atoms with Gasteiger partial charge in [0.25, 0.3) is 0 Å². The Morgan fingerprint density at radius 1 is 1.27 bits per heavy atom. The molecular formula is C18H20N4O2S2. The molecule has 3 aromatic rings. The van der Waals surface area contributed by atoms with Crippen LogP contribution in [0.1, 0.15) is 23.8 Å². The molecule has 0 aliphatic rings. The largest absolute Gasteiger partial charge is 0.467 e. The van der Waals surface area contributed by atoms with Crippen LogP contribution in [0.4, 0.5) is 10.8 Å². The maximum absolute atomic E-state index is 12.2. The number of nitrogens with one attached hydrogen (secondary N) is 2. The molecule has 0 radical (unpaired) electrons. The summed E-state index contributed by atoms with van der Waals surface area (Å²) >= 11 is 2.82. The Kier molecular flexibility index (Phi) is 5.95. The van der Waals surface area contributed by atoms with E-state index in [0.717, 1.165) is 15.8 Å². The zero-order valence-corrected chi connectivity index (χ0v) is 16.4. The van der Waals surface area contributed by atoms with Gasteiger partial charge < -0.3 is 15.1 Å². The SMILES string of the molecule is Cc1cccc(Nc2nnc(S[C@@H](C)C(=O)NCc3ccco3)s2)c1C. The first-order chi connectivity index (χ1) is 12.5. The van der Waals surface area contributed by atoms with Gasteiger partial charge in [-0.3, -0.25) is 4.79 Å². The van der Waals surface area contributed by atoms with Crippen LogP contribution in [-0.4, -0.2) is 21.4 Å². The summed E-state index contributed by atoms with van der Waals surface area (Å²) in [6, 6.07) is 9.72. The molecular weight excluding hydrogens is 368 g/mol. The van der Waals surface area contributed by atoms with E-state index in [-0.39, 0.29) is 11.2 Å². The highest BCUT2D eigenvalue weighted by atomic mass is 32.2. The second-order valence-corrected chi connectivity index (χ2v) is 8.37. The van der Waals surface area contributed by atoms with Crippen molar-refractivity contribution in [3.63, 3.8) is 0 Å². The van der Waals surface area contributed by atoms with Crippen molar-refractivity contribution in [3.05, 3.63) is 53.5 Å². The van der Waals surface area contributed by atoms with E-state index in [2.05, 4.69) is 40.7 Å². The maximum atomic E-state index is 12.2. The third-order valence-electron chi connectivity index (χ3n) is 3.92. The summed E-state index contributed by atoms with van der Waals surface area (Å²) in [6.45, 7) is 6.37. The van der Waals surface area contributed by atoms with E-state index in [1.165, 1.54) is 34.2 Å². The molecule has 8 heteroatoms. The normalized spacial score (nSPS) is 12.0. The van der Waals surface area contributed by atoms with Gasteiger partial charge in [-0.05, 0) is 50.1 Å². The number of hydrogen-bond donors (Lipinski definition) is 2. The van der Waals surface area contributed by atoms with Crippen molar-refractivity contribution in [2.45, 2.75) is 36.9 Å². The highest BCUT2D eigenvalue weighted by molar-refractivity contribution is 8.02. The lowest BCUT2D eigenvalue weighted by atomic mass is 10.1. The lowest BCUT2D eigenvalue weighted by Gasteiger charge is -2.09. The molecule has 0 spiro atoms. The average Bonchev–Trinajstić information content (AvgIpc) is 3.29. The summed E-state index contributed by atoms with van der Waals surface area (Å²) in [5.41, 5.74) is 3.42. The zero-order valence-electron chi connectivity index (χ0n) is 14.8. The molecule has 0 saturated carbocycles. The fraction of sp³-hybridized carbons (Fsp3) is 0.278. The van der Waals surface area contributed by atoms with E-state index >= 15 is 0 Å². The van der Waals surface area contributed by atoms with E-state index in [1.54, 1.807) is 12.3 Å². The molecule has 0 unspecified atom stereocenters. The number of anilines is 2. The van der Waals surface area contributed by atoms with Crippen LogP contribution in [0, 0.1) is 13.8 Å². The Hall–Kier alpha value is -2.32. The predicted octanol–water partition coefficient (Wildman–Crippen LogP) is 4.29. The van der Waals surface area contributed by atoms with Crippen molar-refractivity contribution in [1.82, 2.24) is 15.5 Å². The first-order valence-corrected chi connectivity index (χ1v) is 9.86. The molecule has 136 valence electrons. The van der Waals surface area contributed by atoms with Gasteiger partial charge in [0.05, 0.1) is 18.1 Å². The van der Waals surface area contributed by atoms with Gasteiger partial charge in [0.2, 0.25) is 11.0 Å². The van der Waals surface area contributed by atoms with Crippen LogP contribution in [0.25, 0.3) is 0 Å². The van der Waals surface area contributed by atoms with E-state index in [0.29, 0.717) is 11.7 Å². The van der Waals surface area contributed by atoms with Gasteiger partial charge in [-0.15, -0.1) is 10.2 Å². The zero-order chi connectivity index (χ0) is 18.5. The molecule has 6 nitrogen and oxygen atoms in total. The number of carbonyl (C=O) groups is 1. The molecule has 26 heavy (non-hydrogen) atoms. The number of carbonyl (C=O) groups excluding carboxylic acids is 1. The van der Waals surface area contributed by atoms with Gasteiger partial charge >= 0.3 is 0 Å². The number of aryl methyl sites for hydroxylation is 1. The number of benzene rings is 1. The molecule has 1 amide bonds. The molecule has 3 rings (SSSR count). The van der Waals surface area contributed by atoms with Gasteiger partial charge in [-0.2, -0.15) is 0 Å². The number of thioether (sulfide) groups is 1. The molecule has 0 fully saturated rings. The molecule has 0 bridgehead atoms. The smallest absolute Gasteiger partial charge is 0.233 e. The van der Waals surface area contributed by atoms with Crippen LogP contribution in [0.15, 0.2) is 45.4 Å². The highest BCUT2D eigenvalue weighted by Crippen LogP contribution is 2.31. The van der Waals surface area contributed by atoms with Gasteiger partial charge in [0.1, 0.15) is 5.76 Å². The summed E-state index contributed by atoms with van der Waals surface area (Å²) in [7, 11) is 0. The summed E-state index contributed by atoms with van der Waals surface area (Å²) in [5, 5.41) is 14.9. The van der Waals surface area contributed by atoms with E-state index in [9.17, 15) is 4.79 Å². The van der Waals surface area contributed by atoms with E-state index in [4.69, 9.17) is 4.42 Å². The minimum Gasteiger partial charge on any atom is -0.467 e. The first kappa shape index (κ1) is 18.5. The van der Waals surface area contributed by atoms with Crippen LogP contribution >= 0.6 is 23.1 Å². The Morgan fingerprint density at radius 2 is 2.12 bits per heavy atom. The minimum absolute atomic E-state index is 0.0642. The van der Waals surface area contributed by atoms with Gasteiger partial charge in [0.15, 0.2) is 4.34 Å².